The van der Waals surface area contributed by atoms with Gasteiger partial charge in [0, 0.05) is 13.0 Å². The first-order valence-electron chi connectivity index (χ1n) is 5.98. The van der Waals surface area contributed by atoms with Crippen molar-refractivity contribution in [2.45, 2.75) is 51.2 Å². The maximum absolute atomic E-state index is 12.1. The molecule has 1 aliphatic rings. The third-order valence-corrected chi connectivity index (χ3v) is 2.76. The van der Waals surface area contributed by atoms with Crippen LogP contribution in [0.25, 0.3) is 0 Å². The maximum atomic E-state index is 12.1. The number of carbonyl (C=O) groups excluding carboxylic acids is 1. The van der Waals surface area contributed by atoms with Gasteiger partial charge in [0.15, 0.2) is 5.96 Å². The molecule has 1 amide bonds. The SMILES string of the molecule is CCCN=C1NC(=O)C(C)(CCCC(F)(F)F)N1. The van der Waals surface area contributed by atoms with E-state index < -0.39 is 18.1 Å². The molecule has 1 rings (SSSR count). The molecule has 4 nitrogen and oxygen atoms in total. The lowest BCUT2D eigenvalue weighted by molar-refractivity contribution is -0.137. The lowest BCUT2D eigenvalue weighted by atomic mass is 9.95. The predicted octanol–water partition coefficient (Wildman–Crippen LogP) is 1.96. The highest BCUT2D eigenvalue weighted by molar-refractivity contribution is 6.08. The summed E-state index contributed by atoms with van der Waals surface area (Å²) in [6.45, 7) is 4.11. The number of amides is 1. The summed E-state index contributed by atoms with van der Waals surface area (Å²) in [4.78, 5) is 15.8. The topological polar surface area (TPSA) is 53.5 Å². The van der Waals surface area contributed by atoms with Crippen molar-refractivity contribution in [2.75, 3.05) is 6.54 Å². The second-order valence-electron chi connectivity index (χ2n) is 4.61. The second-order valence-corrected chi connectivity index (χ2v) is 4.61. The molecule has 0 spiro atoms. The molecule has 1 heterocycles. The van der Waals surface area contributed by atoms with Gasteiger partial charge in [-0.1, -0.05) is 6.92 Å². The Balaban J connectivity index is 2.51. The molecule has 0 aromatic rings. The number of guanidine groups is 1. The van der Waals surface area contributed by atoms with E-state index >= 15 is 0 Å². The number of aliphatic imine (C=N–C) groups is 1. The van der Waals surface area contributed by atoms with Gasteiger partial charge in [0.2, 0.25) is 0 Å². The van der Waals surface area contributed by atoms with Gasteiger partial charge in [0.1, 0.15) is 5.54 Å². The molecule has 0 aromatic carbocycles. The second kappa shape index (κ2) is 5.58. The predicted molar refractivity (Wildman–Crippen MR) is 62.2 cm³/mol. The lowest BCUT2D eigenvalue weighted by Gasteiger charge is -2.21. The highest BCUT2D eigenvalue weighted by Gasteiger charge is 2.41. The van der Waals surface area contributed by atoms with Gasteiger partial charge in [-0.3, -0.25) is 15.1 Å². The number of hydrogen-bond donors (Lipinski definition) is 2. The zero-order valence-corrected chi connectivity index (χ0v) is 10.5. The van der Waals surface area contributed by atoms with Crippen LogP contribution in [0.2, 0.25) is 0 Å². The van der Waals surface area contributed by atoms with Gasteiger partial charge in [-0.05, 0) is 26.2 Å². The molecular formula is C11H18F3N3O. The van der Waals surface area contributed by atoms with Crippen LogP contribution in [0.1, 0.15) is 39.5 Å². The van der Waals surface area contributed by atoms with E-state index in [1.165, 1.54) is 0 Å². The van der Waals surface area contributed by atoms with E-state index in [4.69, 9.17) is 0 Å². The van der Waals surface area contributed by atoms with Crippen molar-refractivity contribution < 1.29 is 18.0 Å². The van der Waals surface area contributed by atoms with Crippen LogP contribution < -0.4 is 10.6 Å². The molecule has 1 aliphatic heterocycles. The summed E-state index contributed by atoms with van der Waals surface area (Å²) in [5.74, 6) is 0.0379. The lowest BCUT2D eigenvalue weighted by Crippen LogP contribution is -2.43. The normalized spacial score (nSPS) is 26.3. The molecule has 1 atom stereocenters. The van der Waals surface area contributed by atoms with E-state index in [-0.39, 0.29) is 18.7 Å². The number of nitrogens with zero attached hydrogens (tertiary/aromatic N) is 1. The summed E-state index contributed by atoms with van der Waals surface area (Å²) in [7, 11) is 0. The molecule has 0 aromatic heterocycles. The average molecular weight is 265 g/mol. The molecule has 0 aliphatic carbocycles. The van der Waals surface area contributed by atoms with E-state index in [0.717, 1.165) is 6.42 Å². The van der Waals surface area contributed by atoms with Crippen LogP contribution in [-0.2, 0) is 4.79 Å². The summed E-state index contributed by atoms with van der Waals surface area (Å²) >= 11 is 0. The minimum atomic E-state index is -4.18. The van der Waals surface area contributed by atoms with Crippen LogP contribution >= 0.6 is 0 Å². The third-order valence-electron chi connectivity index (χ3n) is 2.76. The van der Waals surface area contributed by atoms with Crippen molar-refractivity contribution in [1.29, 1.82) is 0 Å². The van der Waals surface area contributed by atoms with Gasteiger partial charge in [0.05, 0.1) is 0 Å². The van der Waals surface area contributed by atoms with Gasteiger partial charge in [0.25, 0.3) is 5.91 Å². The summed E-state index contributed by atoms with van der Waals surface area (Å²) in [5, 5.41) is 5.41. The fourth-order valence-corrected chi connectivity index (χ4v) is 1.72. The smallest absolute Gasteiger partial charge is 0.342 e. The molecule has 1 saturated heterocycles. The van der Waals surface area contributed by atoms with Crippen LogP contribution in [0, 0.1) is 0 Å². The van der Waals surface area contributed by atoms with Crippen LogP contribution in [-0.4, -0.2) is 30.1 Å². The zero-order chi connectivity index (χ0) is 13.8. The summed E-state index contributed by atoms with van der Waals surface area (Å²) in [5.41, 5.74) is -0.988. The number of carbonyl (C=O) groups is 1. The first kappa shape index (κ1) is 14.8. The molecule has 1 unspecified atom stereocenters. The number of nitrogens with one attached hydrogen (secondary N) is 2. The summed E-state index contributed by atoms with van der Waals surface area (Å²) in [6.07, 6.45) is -4.17. The summed E-state index contributed by atoms with van der Waals surface area (Å²) in [6, 6.07) is 0. The van der Waals surface area contributed by atoms with Gasteiger partial charge in [-0.15, -0.1) is 0 Å². The van der Waals surface area contributed by atoms with Crippen molar-refractivity contribution in [3.05, 3.63) is 0 Å². The fraction of sp³-hybridized carbons (Fsp3) is 0.818. The molecule has 0 saturated carbocycles. The summed E-state index contributed by atoms with van der Waals surface area (Å²) < 4.78 is 36.2. The quantitative estimate of drug-likeness (QED) is 0.798. The van der Waals surface area contributed by atoms with Crippen LogP contribution in [0.4, 0.5) is 13.2 Å². The fourth-order valence-electron chi connectivity index (χ4n) is 1.72. The van der Waals surface area contributed by atoms with Gasteiger partial charge >= 0.3 is 6.18 Å². The zero-order valence-electron chi connectivity index (χ0n) is 10.5. The Kier molecular flexibility index (Phi) is 4.59. The van der Waals surface area contributed by atoms with Gasteiger partial charge < -0.3 is 5.32 Å². The maximum Gasteiger partial charge on any atom is 0.389 e. The number of rotatable bonds is 5. The van der Waals surface area contributed by atoms with Crippen molar-refractivity contribution in [1.82, 2.24) is 10.6 Å². The van der Waals surface area contributed by atoms with Crippen molar-refractivity contribution in [2.24, 2.45) is 4.99 Å². The Morgan fingerprint density at radius 1 is 1.39 bits per heavy atom. The van der Waals surface area contributed by atoms with Crippen molar-refractivity contribution >= 4 is 11.9 Å². The number of hydrogen-bond acceptors (Lipinski definition) is 2. The van der Waals surface area contributed by atoms with Crippen LogP contribution in [0.15, 0.2) is 4.99 Å². The van der Waals surface area contributed by atoms with E-state index in [2.05, 4.69) is 15.6 Å². The highest BCUT2D eigenvalue weighted by atomic mass is 19.4. The molecule has 1 fully saturated rings. The van der Waals surface area contributed by atoms with Crippen molar-refractivity contribution in [3.63, 3.8) is 0 Å². The standard InChI is InChI=1S/C11H18F3N3O/c1-3-7-15-9-16-8(18)10(2,17-9)5-4-6-11(12,13)14/h3-7H2,1-2H3,(H2,15,16,17,18). The minimum absolute atomic E-state index is 0.0819. The molecule has 104 valence electrons. The molecular weight excluding hydrogens is 247 g/mol. The first-order chi connectivity index (χ1) is 8.27. The van der Waals surface area contributed by atoms with E-state index in [9.17, 15) is 18.0 Å². The van der Waals surface area contributed by atoms with Gasteiger partial charge in [-0.2, -0.15) is 13.2 Å². The van der Waals surface area contributed by atoms with Crippen molar-refractivity contribution in [3.8, 4) is 0 Å². The average Bonchev–Trinajstić information content (AvgIpc) is 2.50. The molecule has 7 heteroatoms. The highest BCUT2D eigenvalue weighted by Crippen LogP contribution is 2.26. The van der Waals surface area contributed by atoms with E-state index in [0.29, 0.717) is 12.5 Å². The Morgan fingerprint density at radius 3 is 2.61 bits per heavy atom. The molecule has 18 heavy (non-hydrogen) atoms. The third kappa shape index (κ3) is 4.19. The molecule has 0 radical (unpaired) electrons. The van der Waals surface area contributed by atoms with Crippen LogP contribution in [0.5, 0.6) is 0 Å². The molecule has 2 N–H and O–H groups in total. The Morgan fingerprint density at radius 2 is 2.06 bits per heavy atom. The van der Waals surface area contributed by atoms with Crippen LogP contribution in [0.3, 0.4) is 0 Å². The largest absolute Gasteiger partial charge is 0.389 e. The molecule has 0 bridgehead atoms. The van der Waals surface area contributed by atoms with E-state index in [1.807, 2.05) is 6.92 Å². The van der Waals surface area contributed by atoms with E-state index in [1.54, 1.807) is 6.92 Å². The number of alkyl halides is 3. The minimum Gasteiger partial charge on any atom is -0.342 e. The Hall–Kier alpha value is -1.27. The Labute approximate surface area is 104 Å². The monoisotopic (exact) mass is 265 g/mol. The van der Waals surface area contributed by atoms with Gasteiger partial charge in [-0.25, -0.2) is 0 Å². The Bertz CT molecular complexity index is 341. The first-order valence-corrected chi connectivity index (χ1v) is 5.98. The number of halogens is 3.